The van der Waals surface area contributed by atoms with Gasteiger partial charge in [-0.2, -0.15) is 4.31 Å². The standard InChI is InChI=1S/C16H18N2O3S3/c19-16(17-8-3-13-12(11-17)4-9-22-13)15-14(5-10-23-15)24(20,21)18-6-1-2-7-18/h4-5,9-10H,1-3,6-8,11H2. The zero-order chi connectivity index (χ0) is 16.7. The van der Waals surface area contributed by atoms with Gasteiger partial charge in [0, 0.05) is 31.1 Å². The van der Waals surface area contributed by atoms with Crippen molar-refractivity contribution in [2.24, 2.45) is 0 Å². The number of hydrogen-bond acceptors (Lipinski definition) is 5. The zero-order valence-electron chi connectivity index (χ0n) is 13.1. The fraction of sp³-hybridized carbons (Fsp3) is 0.438. The second-order valence-electron chi connectivity index (χ2n) is 6.07. The summed E-state index contributed by atoms with van der Waals surface area (Å²) in [7, 11) is -3.56. The molecule has 4 rings (SSSR count). The van der Waals surface area contributed by atoms with Gasteiger partial charge in [0.25, 0.3) is 5.91 Å². The van der Waals surface area contributed by atoms with Crippen LogP contribution in [-0.4, -0.2) is 43.2 Å². The number of fused-ring (bicyclic) bond motifs is 1. The Morgan fingerprint density at radius 2 is 1.79 bits per heavy atom. The third-order valence-corrected chi connectivity index (χ3v) is 8.60. The molecule has 24 heavy (non-hydrogen) atoms. The van der Waals surface area contributed by atoms with Crippen LogP contribution in [0.1, 0.15) is 33.0 Å². The predicted octanol–water partition coefficient (Wildman–Crippen LogP) is 2.79. The van der Waals surface area contributed by atoms with E-state index >= 15 is 0 Å². The highest BCUT2D eigenvalue weighted by atomic mass is 32.2. The monoisotopic (exact) mass is 382 g/mol. The number of amides is 1. The Balaban J connectivity index is 1.62. The first-order valence-corrected chi connectivity index (χ1v) is 11.2. The molecule has 5 nitrogen and oxygen atoms in total. The van der Waals surface area contributed by atoms with Crippen LogP contribution in [0.5, 0.6) is 0 Å². The first-order chi connectivity index (χ1) is 11.6. The van der Waals surface area contributed by atoms with Crippen LogP contribution in [0.25, 0.3) is 0 Å². The van der Waals surface area contributed by atoms with Crippen molar-refractivity contribution >= 4 is 38.6 Å². The number of nitrogens with zero attached hydrogens (tertiary/aromatic N) is 2. The number of carbonyl (C=O) groups is 1. The van der Waals surface area contributed by atoms with Gasteiger partial charge in [-0.1, -0.05) is 0 Å². The van der Waals surface area contributed by atoms with Crippen LogP contribution < -0.4 is 0 Å². The van der Waals surface area contributed by atoms with Crippen LogP contribution in [0.3, 0.4) is 0 Å². The van der Waals surface area contributed by atoms with Crippen LogP contribution in [0, 0.1) is 0 Å². The average molecular weight is 383 g/mol. The number of sulfonamides is 1. The molecule has 0 N–H and O–H groups in total. The lowest BCUT2D eigenvalue weighted by Gasteiger charge is -2.27. The largest absolute Gasteiger partial charge is 0.333 e. The minimum atomic E-state index is -3.56. The average Bonchev–Trinajstić information content (AvgIpc) is 3.34. The lowest BCUT2D eigenvalue weighted by Crippen LogP contribution is -2.36. The van der Waals surface area contributed by atoms with E-state index in [9.17, 15) is 13.2 Å². The normalized spacial score (nSPS) is 18.8. The lowest BCUT2D eigenvalue weighted by atomic mass is 10.1. The molecule has 0 unspecified atom stereocenters. The molecule has 0 aliphatic carbocycles. The molecule has 2 aliphatic heterocycles. The quantitative estimate of drug-likeness (QED) is 0.820. The molecule has 0 saturated carbocycles. The number of hydrogen-bond donors (Lipinski definition) is 0. The topological polar surface area (TPSA) is 57.7 Å². The van der Waals surface area contributed by atoms with E-state index in [2.05, 4.69) is 6.07 Å². The molecule has 8 heteroatoms. The van der Waals surface area contributed by atoms with Gasteiger partial charge >= 0.3 is 0 Å². The molecule has 2 aromatic rings. The molecule has 2 aromatic heterocycles. The number of thiophene rings is 2. The third kappa shape index (κ3) is 2.71. The SMILES string of the molecule is O=C(c1sccc1S(=O)(=O)N1CCCC1)N1CCc2sccc2C1. The minimum absolute atomic E-state index is 0.167. The van der Waals surface area contributed by atoms with Crippen molar-refractivity contribution in [3.63, 3.8) is 0 Å². The van der Waals surface area contributed by atoms with Crippen LogP contribution >= 0.6 is 22.7 Å². The molecule has 1 amide bonds. The van der Waals surface area contributed by atoms with Gasteiger partial charge in [0.1, 0.15) is 9.77 Å². The van der Waals surface area contributed by atoms with Crippen molar-refractivity contribution in [1.29, 1.82) is 0 Å². The predicted molar refractivity (Wildman–Crippen MR) is 95.1 cm³/mol. The second-order valence-corrected chi connectivity index (χ2v) is 9.89. The van der Waals surface area contributed by atoms with E-state index < -0.39 is 10.0 Å². The smallest absolute Gasteiger partial charge is 0.265 e. The maximum Gasteiger partial charge on any atom is 0.265 e. The van der Waals surface area contributed by atoms with Gasteiger partial charge in [0.05, 0.1) is 0 Å². The fourth-order valence-electron chi connectivity index (χ4n) is 3.29. The molecule has 0 aromatic carbocycles. The van der Waals surface area contributed by atoms with E-state index in [0.29, 0.717) is 31.1 Å². The van der Waals surface area contributed by atoms with Gasteiger partial charge in [0.2, 0.25) is 10.0 Å². The van der Waals surface area contributed by atoms with Gasteiger partial charge in [-0.05, 0) is 47.7 Å². The molecule has 0 atom stereocenters. The number of carbonyl (C=O) groups excluding carboxylic acids is 1. The van der Waals surface area contributed by atoms with E-state index in [4.69, 9.17) is 0 Å². The molecule has 0 bridgehead atoms. The number of rotatable bonds is 3. The Bertz CT molecular complexity index is 863. The maximum atomic E-state index is 12.9. The van der Waals surface area contributed by atoms with E-state index in [1.165, 1.54) is 26.1 Å². The summed E-state index contributed by atoms with van der Waals surface area (Å²) in [5, 5.41) is 3.75. The first kappa shape index (κ1) is 16.3. The summed E-state index contributed by atoms with van der Waals surface area (Å²) in [6, 6.07) is 3.63. The molecule has 128 valence electrons. The summed E-state index contributed by atoms with van der Waals surface area (Å²) in [5.41, 5.74) is 1.18. The van der Waals surface area contributed by atoms with Crippen molar-refractivity contribution < 1.29 is 13.2 Å². The van der Waals surface area contributed by atoms with Crippen LogP contribution in [-0.2, 0) is 23.0 Å². The molecule has 1 fully saturated rings. The van der Waals surface area contributed by atoms with Crippen molar-refractivity contribution in [3.8, 4) is 0 Å². The van der Waals surface area contributed by atoms with E-state index in [1.807, 2.05) is 5.38 Å². The highest BCUT2D eigenvalue weighted by Gasteiger charge is 2.33. The summed E-state index contributed by atoms with van der Waals surface area (Å²) < 4.78 is 27.1. The van der Waals surface area contributed by atoms with Gasteiger partial charge in [-0.15, -0.1) is 22.7 Å². The maximum absolute atomic E-state index is 12.9. The molecular formula is C16H18N2O3S3. The Kier molecular flexibility index (Phi) is 4.24. The Morgan fingerprint density at radius 1 is 1.04 bits per heavy atom. The van der Waals surface area contributed by atoms with Crippen molar-refractivity contribution in [3.05, 3.63) is 38.2 Å². The lowest BCUT2D eigenvalue weighted by molar-refractivity contribution is 0.0737. The summed E-state index contributed by atoms with van der Waals surface area (Å²) in [6.07, 6.45) is 2.62. The first-order valence-electron chi connectivity index (χ1n) is 7.99. The highest BCUT2D eigenvalue weighted by molar-refractivity contribution is 7.89. The van der Waals surface area contributed by atoms with E-state index in [-0.39, 0.29) is 10.8 Å². The third-order valence-electron chi connectivity index (χ3n) is 4.60. The Morgan fingerprint density at radius 3 is 2.58 bits per heavy atom. The molecule has 4 heterocycles. The van der Waals surface area contributed by atoms with Gasteiger partial charge in [-0.25, -0.2) is 8.42 Å². The summed E-state index contributed by atoms with van der Waals surface area (Å²) >= 11 is 2.95. The van der Waals surface area contributed by atoms with Gasteiger partial charge in [0.15, 0.2) is 0 Å². The van der Waals surface area contributed by atoms with Gasteiger partial charge < -0.3 is 4.90 Å². The Labute approximate surface area is 149 Å². The molecule has 1 saturated heterocycles. The van der Waals surface area contributed by atoms with Crippen molar-refractivity contribution in [2.75, 3.05) is 19.6 Å². The molecule has 0 spiro atoms. The summed E-state index contributed by atoms with van der Waals surface area (Å²) in [6.45, 7) is 2.31. The van der Waals surface area contributed by atoms with Crippen LogP contribution in [0.4, 0.5) is 0 Å². The summed E-state index contributed by atoms with van der Waals surface area (Å²) in [5.74, 6) is -0.167. The zero-order valence-corrected chi connectivity index (χ0v) is 15.6. The van der Waals surface area contributed by atoms with Crippen molar-refractivity contribution in [1.82, 2.24) is 9.21 Å². The van der Waals surface area contributed by atoms with Crippen LogP contribution in [0.15, 0.2) is 27.8 Å². The summed E-state index contributed by atoms with van der Waals surface area (Å²) in [4.78, 5) is 16.6. The van der Waals surface area contributed by atoms with Crippen LogP contribution in [0.2, 0.25) is 0 Å². The fourth-order valence-corrected chi connectivity index (χ4v) is 7.06. The Hall–Kier alpha value is -1.22. The molecule has 0 radical (unpaired) electrons. The van der Waals surface area contributed by atoms with Gasteiger partial charge in [-0.3, -0.25) is 4.79 Å². The molecular weight excluding hydrogens is 364 g/mol. The minimum Gasteiger partial charge on any atom is -0.333 e. The molecule has 2 aliphatic rings. The highest BCUT2D eigenvalue weighted by Crippen LogP contribution is 2.31. The van der Waals surface area contributed by atoms with E-state index in [0.717, 1.165) is 19.3 Å². The van der Waals surface area contributed by atoms with Crippen molar-refractivity contribution in [2.45, 2.75) is 30.7 Å². The van der Waals surface area contributed by atoms with E-state index in [1.54, 1.807) is 27.7 Å². The second kappa shape index (κ2) is 6.25.